The third-order valence-corrected chi connectivity index (χ3v) is 2.15. The summed E-state index contributed by atoms with van der Waals surface area (Å²) in [5.41, 5.74) is 1.22. The van der Waals surface area contributed by atoms with E-state index in [1.165, 1.54) is 5.56 Å². The van der Waals surface area contributed by atoms with Crippen LogP contribution >= 0.6 is 0 Å². The number of aromatic nitrogens is 1. The van der Waals surface area contributed by atoms with Crippen molar-refractivity contribution in [1.82, 2.24) is 10.3 Å². The zero-order chi connectivity index (χ0) is 10.5. The van der Waals surface area contributed by atoms with E-state index in [1.54, 1.807) is 6.20 Å². The molecule has 0 atom stereocenters. The van der Waals surface area contributed by atoms with Gasteiger partial charge in [0.25, 0.3) is 0 Å². The van der Waals surface area contributed by atoms with Crippen molar-refractivity contribution < 1.29 is 4.42 Å². The second-order valence-electron chi connectivity index (χ2n) is 3.41. The molecule has 0 radical (unpaired) electrons. The molecule has 0 aliphatic rings. The third kappa shape index (κ3) is 2.67. The van der Waals surface area contributed by atoms with E-state index in [4.69, 9.17) is 4.42 Å². The van der Waals surface area contributed by atoms with Gasteiger partial charge in [-0.15, -0.1) is 0 Å². The van der Waals surface area contributed by atoms with Crippen molar-refractivity contribution in [2.24, 2.45) is 0 Å². The van der Waals surface area contributed by atoms with E-state index in [9.17, 15) is 0 Å². The van der Waals surface area contributed by atoms with Gasteiger partial charge in [-0.3, -0.25) is 0 Å². The zero-order valence-electron chi connectivity index (χ0n) is 8.73. The average molecular weight is 202 g/mol. The lowest BCUT2D eigenvalue weighted by molar-refractivity contribution is 0.454. The van der Waals surface area contributed by atoms with Crippen LogP contribution in [0.4, 0.5) is 0 Å². The summed E-state index contributed by atoms with van der Waals surface area (Å²) in [5, 5.41) is 3.03. The molecule has 15 heavy (non-hydrogen) atoms. The molecular formula is C12H14N2O. The molecule has 0 saturated carbocycles. The molecule has 0 amide bonds. The monoisotopic (exact) mass is 202 g/mol. The highest BCUT2D eigenvalue weighted by atomic mass is 16.4. The van der Waals surface area contributed by atoms with Crippen LogP contribution in [0.5, 0.6) is 0 Å². The Morgan fingerprint density at radius 3 is 2.80 bits per heavy atom. The van der Waals surface area contributed by atoms with Gasteiger partial charge in [-0.25, -0.2) is 4.98 Å². The van der Waals surface area contributed by atoms with Crippen LogP contribution in [0.15, 0.2) is 40.9 Å². The van der Waals surface area contributed by atoms with Gasteiger partial charge in [-0.1, -0.05) is 30.3 Å². The van der Waals surface area contributed by atoms with Gasteiger partial charge < -0.3 is 9.73 Å². The Morgan fingerprint density at radius 1 is 1.27 bits per heavy atom. The molecule has 0 saturated heterocycles. The third-order valence-electron chi connectivity index (χ3n) is 2.15. The van der Waals surface area contributed by atoms with Crippen molar-refractivity contribution in [3.05, 3.63) is 53.7 Å². The molecule has 0 bridgehead atoms. The van der Waals surface area contributed by atoms with Crippen molar-refractivity contribution in [2.75, 3.05) is 7.05 Å². The number of hydrogen-bond acceptors (Lipinski definition) is 3. The zero-order valence-corrected chi connectivity index (χ0v) is 8.73. The van der Waals surface area contributed by atoms with Crippen LogP contribution in [-0.2, 0) is 13.0 Å². The van der Waals surface area contributed by atoms with Gasteiger partial charge in [0.05, 0.1) is 12.7 Å². The molecule has 0 unspecified atom stereocenters. The smallest absolute Gasteiger partial charge is 0.198 e. The van der Waals surface area contributed by atoms with Crippen LogP contribution in [0.25, 0.3) is 0 Å². The highest BCUT2D eigenvalue weighted by Gasteiger charge is 2.03. The SMILES string of the molecule is CNCc1cnc(Cc2ccccc2)o1. The van der Waals surface area contributed by atoms with Crippen molar-refractivity contribution in [1.29, 1.82) is 0 Å². The molecule has 0 aliphatic carbocycles. The molecule has 3 heteroatoms. The Kier molecular flexibility index (Phi) is 3.15. The second kappa shape index (κ2) is 4.75. The first kappa shape index (κ1) is 9.93. The molecule has 2 aromatic rings. The molecule has 1 N–H and O–H groups in total. The summed E-state index contributed by atoms with van der Waals surface area (Å²) in [4.78, 5) is 4.22. The Morgan fingerprint density at radius 2 is 2.07 bits per heavy atom. The maximum atomic E-state index is 5.55. The largest absolute Gasteiger partial charge is 0.444 e. The van der Waals surface area contributed by atoms with Crippen LogP contribution < -0.4 is 5.32 Å². The summed E-state index contributed by atoms with van der Waals surface area (Å²) < 4.78 is 5.55. The van der Waals surface area contributed by atoms with E-state index in [0.29, 0.717) is 0 Å². The first-order chi connectivity index (χ1) is 7.38. The first-order valence-electron chi connectivity index (χ1n) is 5.00. The fourth-order valence-corrected chi connectivity index (χ4v) is 1.46. The number of nitrogens with one attached hydrogen (secondary N) is 1. The van der Waals surface area contributed by atoms with Crippen molar-refractivity contribution in [3.8, 4) is 0 Å². The second-order valence-corrected chi connectivity index (χ2v) is 3.41. The van der Waals surface area contributed by atoms with E-state index >= 15 is 0 Å². The Bertz CT molecular complexity index is 409. The van der Waals surface area contributed by atoms with Gasteiger partial charge >= 0.3 is 0 Å². The molecule has 0 spiro atoms. The predicted octanol–water partition coefficient (Wildman–Crippen LogP) is 1.98. The molecule has 1 aromatic carbocycles. The Hall–Kier alpha value is -1.61. The minimum Gasteiger partial charge on any atom is -0.444 e. The Labute approximate surface area is 89.1 Å². The van der Waals surface area contributed by atoms with Crippen molar-refractivity contribution >= 4 is 0 Å². The van der Waals surface area contributed by atoms with E-state index in [1.807, 2.05) is 25.2 Å². The lowest BCUT2D eigenvalue weighted by atomic mass is 10.2. The fourth-order valence-electron chi connectivity index (χ4n) is 1.46. The predicted molar refractivity (Wildman–Crippen MR) is 58.5 cm³/mol. The fraction of sp³-hybridized carbons (Fsp3) is 0.250. The van der Waals surface area contributed by atoms with Gasteiger partial charge in [-0.05, 0) is 12.6 Å². The lowest BCUT2D eigenvalue weighted by Crippen LogP contribution is -2.03. The van der Waals surface area contributed by atoms with E-state index in [-0.39, 0.29) is 0 Å². The summed E-state index contributed by atoms with van der Waals surface area (Å²) in [7, 11) is 1.89. The summed E-state index contributed by atoms with van der Waals surface area (Å²) in [5.74, 6) is 1.65. The van der Waals surface area contributed by atoms with Crippen LogP contribution in [-0.4, -0.2) is 12.0 Å². The first-order valence-corrected chi connectivity index (χ1v) is 5.00. The quantitative estimate of drug-likeness (QED) is 0.823. The summed E-state index contributed by atoms with van der Waals surface area (Å²) in [6.45, 7) is 0.724. The standard InChI is InChI=1S/C12H14N2O/c1-13-8-11-9-14-12(15-11)7-10-5-3-2-4-6-10/h2-6,9,13H,7-8H2,1H3. The van der Waals surface area contributed by atoms with Gasteiger partial charge in [0.15, 0.2) is 5.89 Å². The topological polar surface area (TPSA) is 38.1 Å². The summed E-state index contributed by atoms with van der Waals surface area (Å²) in [6, 6.07) is 10.2. The molecule has 1 heterocycles. The van der Waals surface area contributed by atoms with E-state index in [0.717, 1.165) is 24.6 Å². The van der Waals surface area contributed by atoms with Gasteiger partial charge in [-0.2, -0.15) is 0 Å². The maximum absolute atomic E-state index is 5.55. The molecule has 3 nitrogen and oxygen atoms in total. The maximum Gasteiger partial charge on any atom is 0.198 e. The van der Waals surface area contributed by atoms with Gasteiger partial charge in [0.2, 0.25) is 0 Å². The van der Waals surface area contributed by atoms with Crippen molar-refractivity contribution in [3.63, 3.8) is 0 Å². The number of hydrogen-bond donors (Lipinski definition) is 1. The molecular weight excluding hydrogens is 188 g/mol. The number of oxazole rings is 1. The van der Waals surface area contributed by atoms with Crippen LogP contribution in [0.3, 0.4) is 0 Å². The molecule has 78 valence electrons. The van der Waals surface area contributed by atoms with Gasteiger partial charge in [0.1, 0.15) is 5.76 Å². The highest BCUT2D eigenvalue weighted by Crippen LogP contribution is 2.09. The molecule has 2 rings (SSSR count). The van der Waals surface area contributed by atoms with E-state index in [2.05, 4.69) is 22.4 Å². The molecule has 1 aromatic heterocycles. The minimum absolute atomic E-state index is 0.724. The van der Waals surface area contributed by atoms with Crippen LogP contribution in [0, 0.1) is 0 Å². The average Bonchev–Trinajstić information content (AvgIpc) is 2.68. The minimum atomic E-state index is 0.724. The summed E-state index contributed by atoms with van der Waals surface area (Å²) in [6.07, 6.45) is 2.53. The summed E-state index contributed by atoms with van der Waals surface area (Å²) >= 11 is 0. The lowest BCUT2D eigenvalue weighted by Gasteiger charge is -1.96. The number of nitrogens with zero attached hydrogens (tertiary/aromatic N) is 1. The van der Waals surface area contributed by atoms with E-state index < -0.39 is 0 Å². The van der Waals surface area contributed by atoms with Crippen LogP contribution in [0.1, 0.15) is 17.2 Å². The number of rotatable bonds is 4. The van der Waals surface area contributed by atoms with Gasteiger partial charge in [0, 0.05) is 6.42 Å². The highest BCUT2D eigenvalue weighted by molar-refractivity contribution is 5.18. The van der Waals surface area contributed by atoms with Crippen LogP contribution in [0.2, 0.25) is 0 Å². The molecule has 0 fully saturated rings. The number of benzene rings is 1. The normalized spacial score (nSPS) is 10.5. The molecule has 0 aliphatic heterocycles. The Balaban J connectivity index is 2.05. The van der Waals surface area contributed by atoms with Crippen molar-refractivity contribution in [2.45, 2.75) is 13.0 Å².